The van der Waals surface area contributed by atoms with E-state index in [4.69, 9.17) is 0 Å². The molecule has 0 spiro atoms. The maximum Gasteiger partial charge on any atom is 0.0638 e. The molecule has 0 aliphatic heterocycles. The average Bonchev–Trinajstić information content (AvgIpc) is 2.87. The first-order valence-electron chi connectivity index (χ1n) is 8.65. The molecular formula is C20H31N3. The van der Waals surface area contributed by atoms with Crippen LogP contribution in [0.1, 0.15) is 62.9 Å². The van der Waals surface area contributed by atoms with Crippen LogP contribution in [0, 0.1) is 6.92 Å². The summed E-state index contributed by atoms with van der Waals surface area (Å²) >= 11 is 0. The highest BCUT2D eigenvalue weighted by Gasteiger charge is 2.14. The fourth-order valence-electron chi connectivity index (χ4n) is 2.75. The normalized spacial score (nSPS) is 13.3. The molecule has 0 unspecified atom stereocenters. The Morgan fingerprint density at radius 3 is 2.35 bits per heavy atom. The van der Waals surface area contributed by atoms with Gasteiger partial charge in [0, 0.05) is 31.4 Å². The SMILES string of the molecule is CCn1cc(CNC[C@H](C)c2ccc(C(C)(C)C)cc2)c(C)n1. The number of hydrogen-bond donors (Lipinski definition) is 1. The summed E-state index contributed by atoms with van der Waals surface area (Å²) in [5.41, 5.74) is 5.43. The molecule has 0 saturated carbocycles. The number of aryl methyl sites for hydroxylation is 2. The van der Waals surface area contributed by atoms with Gasteiger partial charge in [-0.2, -0.15) is 5.10 Å². The number of aromatic nitrogens is 2. The average molecular weight is 313 g/mol. The fourth-order valence-corrected chi connectivity index (χ4v) is 2.75. The maximum absolute atomic E-state index is 4.49. The standard InChI is InChI=1S/C20H31N3/c1-7-23-14-18(16(3)22-23)13-21-12-15(2)17-8-10-19(11-9-17)20(4,5)6/h8-11,14-15,21H,7,12-13H2,1-6H3/t15-/m0/s1. The van der Waals surface area contributed by atoms with Crippen LogP contribution in [0.25, 0.3) is 0 Å². The molecule has 1 N–H and O–H groups in total. The molecule has 126 valence electrons. The van der Waals surface area contributed by atoms with E-state index in [0.717, 1.165) is 25.3 Å². The first kappa shape index (κ1) is 17.7. The molecule has 2 aromatic rings. The molecule has 0 fully saturated rings. The first-order chi connectivity index (χ1) is 10.8. The Morgan fingerprint density at radius 1 is 1.17 bits per heavy atom. The number of nitrogens with one attached hydrogen (secondary N) is 1. The van der Waals surface area contributed by atoms with Crippen LogP contribution in [0.5, 0.6) is 0 Å². The Balaban J connectivity index is 1.89. The van der Waals surface area contributed by atoms with E-state index in [2.05, 4.69) is 82.4 Å². The second kappa shape index (κ2) is 7.31. The summed E-state index contributed by atoms with van der Waals surface area (Å²) in [6.45, 7) is 16.0. The fraction of sp³-hybridized carbons (Fsp3) is 0.550. The van der Waals surface area contributed by atoms with Crippen molar-refractivity contribution in [2.24, 2.45) is 0 Å². The molecule has 1 atom stereocenters. The second-order valence-corrected chi connectivity index (χ2v) is 7.50. The molecule has 1 heterocycles. The summed E-state index contributed by atoms with van der Waals surface area (Å²) in [5.74, 6) is 0.505. The monoisotopic (exact) mass is 313 g/mol. The number of hydrogen-bond acceptors (Lipinski definition) is 2. The molecule has 23 heavy (non-hydrogen) atoms. The third kappa shape index (κ3) is 4.68. The van der Waals surface area contributed by atoms with Gasteiger partial charge >= 0.3 is 0 Å². The Bertz CT molecular complexity index is 617. The Morgan fingerprint density at radius 2 is 1.83 bits per heavy atom. The van der Waals surface area contributed by atoms with Gasteiger partial charge in [-0.3, -0.25) is 4.68 Å². The molecule has 1 aromatic heterocycles. The van der Waals surface area contributed by atoms with Crippen molar-refractivity contribution >= 4 is 0 Å². The highest BCUT2D eigenvalue weighted by Crippen LogP contribution is 2.24. The van der Waals surface area contributed by atoms with Gasteiger partial charge in [-0.25, -0.2) is 0 Å². The maximum atomic E-state index is 4.49. The van der Waals surface area contributed by atoms with Crippen molar-refractivity contribution in [3.8, 4) is 0 Å². The lowest BCUT2D eigenvalue weighted by molar-refractivity contribution is 0.587. The zero-order valence-electron chi connectivity index (χ0n) is 15.5. The summed E-state index contributed by atoms with van der Waals surface area (Å²) in [6, 6.07) is 9.07. The van der Waals surface area contributed by atoms with Crippen LogP contribution in [-0.2, 0) is 18.5 Å². The third-order valence-corrected chi connectivity index (χ3v) is 4.48. The van der Waals surface area contributed by atoms with Gasteiger partial charge in [0.2, 0.25) is 0 Å². The van der Waals surface area contributed by atoms with E-state index in [1.54, 1.807) is 0 Å². The van der Waals surface area contributed by atoms with E-state index in [9.17, 15) is 0 Å². The van der Waals surface area contributed by atoms with Crippen LogP contribution in [0.15, 0.2) is 30.5 Å². The van der Waals surface area contributed by atoms with Gasteiger partial charge in [-0.1, -0.05) is 52.0 Å². The van der Waals surface area contributed by atoms with Crippen molar-refractivity contribution in [2.45, 2.75) is 66.0 Å². The smallest absolute Gasteiger partial charge is 0.0638 e. The second-order valence-electron chi connectivity index (χ2n) is 7.50. The van der Waals surface area contributed by atoms with Gasteiger partial charge in [-0.05, 0) is 36.3 Å². The van der Waals surface area contributed by atoms with Crippen molar-refractivity contribution in [1.82, 2.24) is 15.1 Å². The molecule has 1 aromatic carbocycles. The number of nitrogens with zero attached hydrogens (tertiary/aromatic N) is 2. The van der Waals surface area contributed by atoms with Crippen molar-refractivity contribution in [2.75, 3.05) is 6.54 Å². The van der Waals surface area contributed by atoms with Crippen LogP contribution in [0.2, 0.25) is 0 Å². The summed E-state index contributed by atoms with van der Waals surface area (Å²) in [4.78, 5) is 0. The van der Waals surface area contributed by atoms with E-state index < -0.39 is 0 Å². The van der Waals surface area contributed by atoms with Crippen molar-refractivity contribution in [3.05, 3.63) is 52.8 Å². The number of rotatable bonds is 6. The van der Waals surface area contributed by atoms with Crippen LogP contribution in [0.3, 0.4) is 0 Å². The van der Waals surface area contributed by atoms with Gasteiger partial charge in [0.15, 0.2) is 0 Å². The summed E-state index contributed by atoms with van der Waals surface area (Å²) in [5, 5.41) is 8.06. The van der Waals surface area contributed by atoms with Crippen molar-refractivity contribution in [3.63, 3.8) is 0 Å². The summed E-state index contributed by atoms with van der Waals surface area (Å²) in [6.07, 6.45) is 2.14. The van der Waals surface area contributed by atoms with Crippen LogP contribution < -0.4 is 5.32 Å². The van der Waals surface area contributed by atoms with E-state index in [-0.39, 0.29) is 5.41 Å². The van der Waals surface area contributed by atoms with Crippen LogP contribution in [0.4, 0.5) is 0 Å². The van der Waals surface area contributed by atoms with Crippen LogP contribution in [-0.4, -0.2) is 16.3 Å². The third-order valence-electron chi connectivity index (χ3n) is 4.48. The minimum absolute atomic E-state index is 0.219. The summed E-state index contributed by atoms with van der Waals surface area (Å²) in [7, 11) is 0. The van der Waals surface area contributed by atoms with E-state index in [0.29, 0.717) is 5.92 Å². The molecule has 0 bridgehead atoms. The molecule has 2 rings (SSSR count). The predicted molar refractivity (Wildman–Crippen MR) is 97.9 cm³/mol. The molecule has 0 aliphatic carbocycles. The van der Waals surface area contributed by atoms with Gasteiger partial charge in [0.1, 0.15) is 0 Å². The number of benzene rings is 1. The van der Waals surface area contributed by atoms with E-state index in [1.165, 1.54) is 16.7 Å². The Hall–Kier alpha value is -1.61. The molecule has 3 heteroatoms. The van der Waals surface area contributed by atoms with Gasteiger partial charge in [-0.15, -0.1) is 0 Å². The van der Waals surface area contributed by atoms with Crippen molar-refractivity contribution in [1.29, 1.82) is 0 Å². The molecule has 0 aliphatic rings. The van der Waals surface area contributed by atoms with E-state index >= 15 is 0 Å². The summed E-state index contributed by atoms with van der Waals surface area (Å²) < 4.78 is 2.00. The molecular weight excluding hydrogens is 282 g/mol. The van der Waals surface area contributed by atoms with Gasteiger partial charge in [0.25, 0.3) is 0 Å². The quantitative estimate of drug-likeness (QED) is 0.856. The lowest BCUT2D eigenvalue weighted by Crippen LogP contribution is -2.20. The minimum atomic E-state index is 0.219. The van der Waals surface area contributed by atoms with E-state index in [1.807, 2.05) is 4.68 Å². The first-order valence-corrected chi connectivity index (χ1v) is 8.65. The Labute approximate surface area is 141 Å². The largest absolute Gasteiger partial charge is 0.312 e. The zero-order valence-corrected chi connectivity index (χ0v) is 15.5. The predicted octanol–water partition coefficient (Wildman–Crippen LogP) is 4.40. The lowest BCUT2D eigenvalue weighted by Gasteiger charge is -2.20. The molecule has 3 nitrogen and oxygen atoms in total. The highest BCUT2D eigenvalue weighted by atomic mass is 15.3. The van der Waals surface area contributed by atoms with Crippen molar-refractivity contribution < 1.29 is 0 Å². The van der Waals surface area contributed by atoms with Gasteiger partial charge in [0.05, 0.1) is 5.69 Å². The molecule has 0 saturated heterocycles. The topological polar surface area (TPSA) is 29.9 Å². The van der Waals surface area contributed by atoms with Gasteiger partial charge < -0.3 is 5.32 Å². The zero-order chi connectivity index (χ0) is 17.0. The minimum Gasteiger partial charge on any atom is -0.312 e. The van der Waals surface area contributed by atoms with Crippen LogP contribution >= 0.6 is 0 Å². The Kier molecular flexibility index (Phi) is 5.64. The molecule has 0 amide bonds. The highest BCUT2D eigenvalue weighted by molar-refractivity contribution is 5.29. The molecule has 0 radical (unpaired) electrons. The lowest BCUT2D eigenvalue weighted by atomic mass is 9.86.